The number of guanidine groups is 1. The third-order valence-electron chi connectivity index (χ3n) is 3.26. The van der Waals surface area contributed by atoms with Crippen LogP contribution in [0.4, 0.5) is 0 Å². The molecule has 0 aliphatic carbocycles. The Bertz CT molecular complexity index is 612. The zero-order chi connectivity index (χ0) is 16.6. The summed E-state index contributed by atoms with van der Waals surface area (Å²) in [7, 11) is 0.317. The van der Waals surface area contributed by atoms with Crippen LogP contribution in [-0.2, 0) is 16.4 Å². The predicted molar refractivity (Wildman–Crippen MR) is 90.3 cm³/mol. The molecular weight excluding hydrogens is 302 g/mol. The maximum absolute atomic E-state index is 11.4. The third-order valence-corrected chi connectivity index (χ3v) is 4.96. The number of hydrogen-bond donors (Lipinski definition) is 2. The van der Waals surface area contributed by atoms with Crippen LogP contribution in [0.2, 0.25) is 0 Å². The largest absolute Gasteiger partial charge is 0.496 e. The molecule has 0 aromatic heterocycles. The van der Waals surface area contributed by atoms with Gasteiger partial charge in [0.25, 0.3) is 0 Å². The zero-order valence-electron chi connectivity index (χ0n) is 13.6. The zero-order valence-corrected chi connectivity index (χ0v) is 14.5. The molecule has 0 unspecified atom stereocenters. The Hall–Kier alpha value is -1.76. The Balaban J connectivity index is 2.55. The van der Waals surface area contributed by atoms with Gasteiger partial charge in [-0.05, 0) is 18.6 Å². The average molecular weight is 327 g/mol. The summed E-state index contributed by atoms with van der Waals surface area (Å²) in [5, 5.41) is 6.15. The van der Waals surface area contributed by atoms with E-state index in [0.717, 1.165) is 16.9 Å². The molecule has 0 spiro atoms. The van der Waals surface area contributed by atoms with Crippen molar-refractivity contribution in [1.82, 2.24) is 10.6 Å². The van der Waals surface area contributed by atoms with Crippen LogP contribution in [0.15, 0.2) is 23.2 Å². The van der Waals surface area contributed by atoms with E-state index in [1.165, 1.54) is 0 Å². The second kappa shape index (κ2) is 8.63. The van der Waals surface area contributed by atoms with Crippen LogP contribution in [0.3, 0.4) is 0 Å². The number of sulfone groups is 1. The van der Waals surface area contributed by atoms with Crippen molar-refractivity contribution in [3.63, 3.8) is 0 Å². The maximum Gasteiger partial charge on any atom is 0.191 e. The van der Waals surface area contributed by atoms with Crippen molar-refractivity contribution in [3.05, 3.63) is 29.3 Å². The van der Waals surface area contributed by atoms with Crippen LogP contribution in [0, 0.1) is 6.92 Å². The van der Waals surface area contributed by atoms with Crippen molar-refractivity contribution < 1.29 is 13.2 Å². The molecule has 0 aliphatic heterocycles. The van der Waals surface area contributed by atoms with E-state index in [1.807, 2.05) is 25.1 Å². The molecule has 124 valence electrons. The number of nitrogens with zero attached hydrogens (tertiary/aromatic N) is 1. The molecule has 1 aromatic carbocycles. The molecule has 1 rings (SSSR count). The maximum atomic E-state index is 11.4. The van der Waals surface area contributed by atoms with Gasteiger partial charge in [-0.15, -0.1) is 0 Å². The third kappa shape index (κ3) is 5.93. The molecule has 0 atom stereocenters. The Labute approximate surface area is 132 Å². The number of aliphatic imine (C=N–C) groups is 1. The molecule has 0 aliphatic rings. The molecule has 22 heavy (non-hydrogen) atoms. The summed E-state index contributed by atoms with van der Waals surface area (Å²) in [6, 6.07) is 5.99. The number of benzene rings is 1. The minimum atomic E-state index is -2.97. The number of ether oxygens (including phenoxy) is 1. The van der Waals surface area contributed by atoms with Crippen LogP contribution >= 0.6 is 0 Å². The van der Waals surface area contributed by atoms with E-state index in [2.05, 4.69) is 15.6 Å². The van der Waals surface area contributed by atoms with Crippen molar-refractivity contribution in [1.29, 1.82) is 0 Å². The second-order valence-electron chi connectivity index (χ2n) is 4.90. The van der Waals surface area contributed by atoms with Gasteiger partial charge in [0.1, 0.15) is 5.75 Å². The summed E-state index contributed by atoms with van der Waals surface area (Å²) in [5.41, 5.74) is 2.14. The van der Waals surface area contributed by atoms with Gasteiger partial charge in [-0.1, -0.05) is 19.1 Å². The monoisotopic (exact) mass is 327 g/mol. The van der Waals surface area contributed by atoms with Crippen molar-refractivity contribution >= 4 is 15.8 Å². The lowest BCUT2D eigenvalue weighted by Gasteiger charge is -2.14. The Kier molecular flexibility index (Phi) is 7.17. The second-order valence-corrected chi connectivity index (χ2v) is 7.38. The number of rotatable bonds is 7. The molecule has 6 nitrogen and oxygen atoms in total. The molecule has 7 heteroatoms. The van der Waals surface area contributed by atoms with E-state index in [-0.39, 0.29) is 11.5 Å². The summed E-state index contributed by atoms with van der Waals surface area (Å²) in [6.45, 7) is 4.53. The molecule has 0 saturated heterocycles. The lowest BCUT2D eigenvalue weighted by atomic mass is 10.1. The topological polar surface area (TPSA) is 79.8 Å². The first kappa shape index (κ1) is 18.3. The lowest BCUT2D eigenvalue weighted by molar-refractivity contribution is 0.408. The van der Waals surface area contributed by atoms with Gasteiger partial charge in [-0.3, -0.25) is 4.99 Å². The van der Waals surface area contributed by atoms with Gasteiger partial charge < -0.3 is 15.4 Å². The number of nitrogens with one attached hydrogen (secondary N) is 2. The first-order valence-corrected chi connectivity index (χ1v) is 9.02. The fourth-order valence-electron chi connectivity index (χ4n) is 1.87. The Morgan fingerprint density at radius 2 is 2.05 bits per heavy atom. The summed E-state index contributed by atoms with van der Waals surface area (Å²) < 4.78 is 28.2. The molecule has 1 aromatic rings. The molecule has 2 N–H and O–H groups in total. The van der Waals surface area contributed by atoms with Gasteiger partial charge in [0.2, 0.25) is 0 Å². The minimum Gasteiger partial charge on any atom is -0.496 e. The quantitative estimate of drug-likeness (QED) is 0.579. The highest BCUT2D eigenvalue weighted by Crippen LogP contribution is 2.19. The van der Waals surface area contributed by atoms with E-state index in [0.29, 0.717) is 19.0 Å². The molecule has 0 heterocycles. The van der Waals surface area contributed by atoms with Crippen LogP contribution < -0.4 is 15.4 Å². The van der Waals surface area contributed by atoms with Gasteiger partial charge in [0.15, 0.2) is 15.8 Å². The molecule has 0 fully saturated rings. The van der Waals surface area contributed by atoms with Crippen LogP contribution in [-0.4, -0.2) is 46.6 Å². The van der Waals surface area contributed by atoms with Crippen molar-refractivity contribution in [2.45, 2.75) is 20.4 Å². The normalized spacial score (nSPS) is 12.1. The SMILES string of the molecule is CCS(=O)(=O)CCNC(=NC)NCc1ccc(C)cc1OC. The molecule has 0 saturated carbocycles. The van der Waals surface area contributed by atoms with E-state index < -0.39 is 9.84 Å². The number of hydrogen-bond acceptors (Lipinski definition) is 4. The van der Waals surface area contributed by atoms with E-state index in [4.69, 9.17) is 4.74 Å². The first-order chi connectivity index (χ1) is 10.4. The Morgan fingerprint density at radius 3 is 2.64 bits per heavy atom. The van der Waals surface area contributed by atoms with E-state index >= 15 is 0 Å². The summed E-state index contributed by atoms with van der Waals surface area (Å²) in [6.07, 6.45) is 0. The Morgan fingerprint density at radius 1 is 1.32 bits per heavy atom. The van der Waals surface area contributed by atoms with Crippen LogP contribution in [0.1, 0.15) is 18.1 Å². The summed E-state index contributed by atoms with van der Waals surface area (Å²) in [4.78, 5) is 4.08. The minimum absolute atomic E-state index is 0.0953. The fourth-order valence-corrected chi connectivity index (χ4v) is 2.57. The van der Waals surface area contributed by atoms with Crippen molar-refractivity contribution in [2.24, 2.45) is 4.99 Å². The molecular formula is C15H25N3O3S. The molecule has 0 bridgehead atoms. The molecule has 0 amide bonds. The van der Waals surface area contributed by atoms with E-state index in [1.54, 1.807) is 21.1 Å². The lowest BCUT2D eigenvalue weighted by Crippen LogP contribution is -2.39. The standard InChI is InChI=1S/C15H25N3O3S/c1-5-22(19,20)9-8-17-15(16-3)18-11-13-7-6-12(2)10-14(13)21-4/h6-7,10H,5,8-9,11H2,1-4H3,(H2,16,17,18). The van der Waals surface area contributed by atoms with Gasteiger partial charge in [-0.25, -0.2) is 8.42 Å². The number of methoxy groups -OCH3 is 1. The van der Waals surface area contributed by atoms with Crippen molar-refractivity contribution in [3.8, 4) is 5.75 Å². The number of aryl methyl sites for hydroxylation is 1. The highest BCUT2D eigenvalue weighted by Gasteiger charge is 2.08. The smallest absolute Gasteiger partial charge is 0.191 e. The molecule has 0 radical (unpaired) electrons. The average Bonchev–Trinajstić information content (AvgIpc) is 2.51. The van der Waals surface area contributed by atoms with Gasteiger partial charge in [0.05, 0.1) is 12.9 Å². The highest BCUT2D eigenvalue weighted by atomic mass is 32.2. The highest BCUT2D eigenvalue weighted by molar-refractivity contribution is 7.91. The van der Waals surface area contributed by atoms with E-state index in [9.17, 15) is 8.42 Å². The summed E-state index contributed by atoms with van der Waals surface area (Å²) >= 11 is 0. The van der Waals surface area contributed by atoms with Gasteiger partial charge in [0, 0.05) is 31.5 Å². The van der Waals surface area contributed by atoms with Crippen molar-refractivity contribution in [2.75, 3.05) is 32.2 Å². The summed E-state index contributed by atoms with van der Waals surface area (Å²) in [5.74, 6) is 1.63. The van der Waals surface area contributed by atoms with Gasteiger partial charge >= 0.3 is 0 Å². The fraction of sp³-hybridized carbons (Fsp3) is 0.533. The van der Waals surface area contributed by atoms with Crippen LogP contribution in [0.25, 0.3) is 0 Å². The predicted octanol–water partition coefficient (Wildman–Crippen LogP) is 1.10. The van der Waals surface area contributed by atoms with Gasteiger partial charge in [-0.2, -0.15) is 0 Å². The van der Waals surface area contributed by atoms with Crippen LogP contribution in [0.5, 0.6) is 5.75 Å². The first-order valence-electron chi connectivity index (χ1n) is 7.20.